The molecular formula is C18H17FNO3-. The smallest absolute Gasteiger partial charge is 0.227 e. The fourth-order valence-corrected chi connectivity index (χ4v) is 2.24. The van der Waals surface area contributed by atoms with Gasteiger partial charge in [0.1, 0.15) is 5.82 Å². The number of carboxylic acid groups (broad SMARTS) is 1. The third-order valence-corrected chi connectivity index (χ3v) is 3.60. The van der Waals surface area contributed by atoms with Crippen LogP contribution in [0.3, 0.4) is 0 Å². The van der Waals surface area contributed by atoms with Crippen LogP contribution in [0.2, 0.25) is 0 Å². The summed E-state index contributed by atoms with van der Waals surface area (Å²) in [4.78, 5) is 22.3. The van der Waals surface area contributed by atoms with Gasteiger partial charge in [0, 0.05) is 24.5 Å². The molecule has 1 atom stereocenters. The molecule has 1 N–H and O–H groups in total. The maximum atomic E-state index is 14.3. The molecule has 0 fully saturated rings. The summed E-state index contributed by atoms with van der Waals surface area (Å²) in [5.41, 5.74) is 1.77. The quantitative estimate of drug-likeness (QED) is 0.884. The molecule has 5 heteroatoms. The number of benzene rings is 2. The molecule has 0 bridgehead atoms. The second-order valence-corrected chi connectivity index (χ2v) is 5.24. The van der Waals surface area contributed by atoms with Crippen LogP contribution >= 0.6 is 0 Å². The first-order chi connectivity index (χ1) is 11.0. The molecule has 0 radical (unpaired) electrons. The summed E-state index contributed by atoms with van der Waals surface area (Å²) >= 11 is 0. The third kappa shape index (κ3) is 4.39. The SMILES string of the molecule is C[C@@H](C(=O)NCCC(=O)[O-])c1ccc(-c2ccccc2)c(F)c1. The Kier molecular flexibility index (Phi) is 5.46. The molecule has 23 heavy (non-hydrogen) atoms. The normalized spacial score (nSPS) is 11.7. The Bertz CT molecular complexity index is 701. The van der Waals surface area contributed by atoms with Crippen molar-refractivity contribution in [1.29, 1.82) is 0 Å². The summed E-state index contributed by atoms with van der Waals surface area (Å²) < 4.78 is 14.3. The molecule has 0 spiro atoms. The van der Waals surface area contributed by atoms with Gasteiger partial charge in [-0.05, 0) is 24.1 Å². The maximum Gasteiger partial charge on any atom is 0.227 e. The topological polar surface area (TPSA) is 69.2 Å². The maximum absolute atomic E-state index is 14.3. The van der Waals surface area contributed by atoms with Crippen molar-refractivity contribution < 1.29 is 19.1 Å². The molecular weight excluding hydrogens is 297 g/mol. The lowest BCUT2D eigenvalue weighted by atomic mass is 9.96. The van der Waals surface area contributed by atoms with Crippen LogP contribution in [0.25, 0.3) is 11.1 Å². The Hall–Kier alpha value is -2.69. The van der Waals surface area contributed by atoms with Crippen molar-refractivity contribution in [1.82, 2.24) is 5.32 Å². The molecule has 0 aliphatic rings. The zero-order chi connectivity index (χ0) is 16.8. The molecule has 2 aromatic rings. The van der Waals surface area contributed by atoms with Crippen molar-refractivity contribution >= 4 is 11.9 Å². The predicted octanol–water partition coefficient (Wildman–Crippen LogP) is 1.85. The molecule has 0 saturated carbocycles. The number of halogens is 1. The highest BCUT2D eigenvalue weighted by atomic mass is 19.1. The van der Waals surface area contributed by atoms with Crippen molar-refractivity contribution in [3.05, 3.63) is 59.9 Å². The van der Waals surface area contributed by atoms with Crippen LogP contribution in [0.5, 0.6) is 0 Å². The van der Waals surface area contributed by atoms with E-state index < -0.39 is 17.7 Å². The Morgan fingerprint density at radius 3 is 2.48 bits per heavy atom. The first-order valence-electron chi connectivity index (χ1n) is 7.31. The zero-order valence-electron chi connectivity index (χ0n) is 12.7. The lowest BCUT2D eigenvalue weighted by molar-refractivity contribution is -0.305. The molecule has 2 rings (SSSR count). The number of nitrogens with one attached hydrogen (secondary N) is 1. The van der Waals surface area contributed by atoms with Gasteiger partial charge in [-0.15, -0.1) is 0 Å². The minimum Gasteiger partial charge on any atom is -0.550 e. The van der Waals surface area contributed by atoms with E-state index in [-0.39, 0.29) is 18.9 Å². The number of carbonyl (C=O) groups is 2. The van der Waals surface area contributed by atoms with Crippen LogP contribution in [0, 0.1) is 5.82 Å². The van der Waals surface area contributed by atoms with Gasteiger partial charge in [0.15, 0.2) is 0 Å². The lowest BCUT2D eigenvalue weighted by Crippen LogP contribution is -2.33. The predicted molar refractivity (Wildman–Crippen MR) is 82.9 cm³/mol. The molecule has 0 heterocycles. The highest BCUT2D eigenvalue weighted by molar-refractivity contribution is 5.83. The molecule has 4 nitrogen and oxygen atoms in total. The number of carboxylic acids is 1. The number of carbonyl (C=O) groups excluding carboxylic acids is 2. The van der Waals surface area contributed by atoms with Gasteiger partial charge in [-0.1, -0.05) is 42.5 Å². The van der Waals surface area contributed by atoms with E-state index in [9.17, 15) is 19.1 Å². The number of rotatable bonds is 6. The van der Waals surface area contributed by atoms with E-state index in [2.05, 4.69) is 5.32 Å². The molecule has 120 valence electrons. The van der Waals surface area contributed by atoms with Crippen LogP contribution in [0.4, 0.5) is 4.39 Å². The Labute approximate surface area is 134 Å². The van der Waals surface area contributed by atoms with Crippen LogP contribution in [0.1, 0.15) is 24.8 Å². The molecule has 0 aromatic heterocycles. The lowest BCUT2D eigenvalue weighted by Gasteiger charge is -2.14. The van der Waals surface area contributed by atoms with Gasteiger partial charge in [-0.25, -0.2) is 4.39 Å². The van der Waals surface area contributed by atoms with Gasteiger partial charge >= 0.3 is 0 Å². The average Bonchev–Trinajstić information content (AvgIpc) is 2.54. The second-order valence-electron chi connectivity index (χ2n) is 5.24. The first kappa shape index (κ1) is 16.7. The fourth-order valence-electron chi connectivity index (χ4n) is 2.24. The van der Waals surface area contributed by atoms with Crippen molar-refractivity contribution in [3.8, 4) is 11.1 Å². The highest BCUT2D eigenvalue weighted by Crippen LogP contribution is 2.26. The number of amides is 1. The number of hydrogen-bond acceptors (Lipinski definition) is 3. The van der Waals surface area contributed by atoms with Crippen LogP contribution in [0.15, 0.2) is 48.5 Å². The minimum absolute atomic E-state index is 0.00388. The Balaban J connectivity index is 2.10. The number of aliphatic carboxylic acids is 1. The summed E-state index contributed by atoms with van der Waals surface area (Å²) in [6.45, 7) is 1.64. The van der Waals surface area contributed by atoms with Crippen LogP contribution < -0.4 is 10.4 Å². The minimum atomic E-state index is -1.23. The summed E-state index contributed by atoms with van der Waals surface area (Å²) in [6, 6.07) is 13.8. The molecule has 0 aliphatic heterocycles. The van der Waals surface area contributed by atoms with Crippen molar-refractivity contribution in [2.45, 2.75) is 19.3 Å². The average molecular weight is 314 g/mol. The number of hydrogen-bond donors (Lipinski definition) is 1. The summed E-state index contributed by atoms with van der Waals surface area (Å²) in [5.74, 6) is -2.55. The van der Waals surface area contributed by atoms with Gasteiger partial charge in [0.25, 0.3) is 0 Å². The summed E-state index contributed by atoms with van der Waals surface area (Å²) in [5, 5.41) is 12.8. The van der Waals surface area contributed by atoms with E-state index >= 15 is 0 Å². The van der Waals surface area contributed by atoms with E-state index in [1.165, 1.54) is 6.07 Å². The van der Waals surface area contributed by atoms with Gasteiger partial charge < -0.3 is 15.2 Å². The van der Waals surface area contributed by atoms with Crippen LogP contribution in [-0.4, -0.2) is 18.4 Å². The van der Waals surface area contributed by atoms with E-state index in [0.29, 0.717) is 11.1 Å². The highest BCUT2D eigenvalue weighted by Gasteiger charge is 2.16. The van der Waals surface area contributed by atoms with Gasteiger partial charge in [0.05, 0.1) is 5.92 Å². The standard InChI is InChI=1S/C18H18FNO3/c1-12(18(23)20-10-9-17(21)22)14-7-8-15(16(19)11-14)13-5-3-2-4-6-13/h2-8,11-12H,9-10H2,1H3,(H,20,23)(H,21,22)/p-1/t12-/m1/s1. The Morgan fingerprint density at radius 1 is 1.17 bits per heavy atom. The Morgan fingerprint density at radius 2 is 1.87 bits per heavy atom. The zero-order valence-corrected chi connectivity index (χ0v) is 12.7. The molecule has 2 aromatic carbocycles. The van der Waals surface area contributed by atoms with Crippen molar-refractivity contribution in [2.24, 2.45) is 0 Å². The van der Waals surface area contributed by atoms with Crippen LogP contribution in [-0.2, 0) is 9.59 Å². The first-order valence-corrected chi connectivity index (χ1v) is 7.31. The van der Waals surface area contributed by atoms with Gasteiger partial charge in [-0.2, -0.15) is 0 Å². The van der Waals surface area contributed by atoms with E-state index in [1.54, 1.807) is 19.1 Å². The molecule has 0 saturated heterocycles. The summed E-state index contributed by atoms with van der Waals surface area (Å²) in [6.07, 6.45) is -0.250. The second kappa shape index (κ2) is 7.54. The fraction of sp³-hybridized carbons (Fsp3) is 0.222. The van der Waals surface area contributed by atoms with Gasteiger partial charge in [-0.3, -0.25) is 4.79 Å². The largest absolute Gasteiger partial charge is 0.550 e. The van der Waals surface area contributed by atoms with E-state index in [0.717, 1.165) is 5.56 Å². The van der Waals surface area contributed by atoms with Gasteiger partial charge in [0.2, 0.25) is 5.91 Å². The molecule has 0 aliphatic carbocycles. The van der Waals surface area contributed by atoms with Crippen molar-refractivity contribution in [3.63, 3.8) is 0 Å². The molecule has 0 unspecified atom stereocenters. The van der Waals surface area contributed by atoms with E-state index in [1.807, 2.05) is 30.3 Å². The molecule has 1 amide bonds. The summed E-state index contributed by atoms with van der Waals surface area (Å²) in [7, 11) is 0. The monoisotopic (exact) mass is 314 g/mol. The van der Waals surface area contributed by atoms with E-state index in [4.69, 9.17) is 0 Å². The van der Waals surface area contributed by atoms with Crippen molar-refractivity contribution in [2.75, 3.05) is 6.54 Å². The third-order valence-electron chi connectivity index (χ3n) is 3.60.